The highest BCUT2D eigenvalue weighted by Gasteiger charge is 2.44. The molecular formula is C14H18O8. The van der Waals surface area contributed by atoms with Crippen molar-refractivity contribution in [3.05, 3.63) is 29.8 Å². The van der Waals surface area contributed by atoms with E-state index in [1.165, 1.54) is 19.2 Å². The Hall–Kier alpha value is -1.71. The number of methoxy groups -OCH3 is 1. The average Bonchev–Trinajstić information content (AvgIpc) is 2.55. The van der Waals surface area contributed by atoms with Gasteiger partial charge in [0.15, 0.2) is 0 Å². The number of ether oxygens (including phenoxy) is 3. The summed E-state index contributed by atoms with van der Waals surface area (Å²) in [5.41, 5.74) is 0.113. The van der Waals surface area contributed by atoms with E-state index in [1.54, 1.807) is 12.1 Å². The Balaban J connectivity index is 2.21. The van der Waals surface area contributed by atoms with Crippen LogP contribution in [0.5, 0.6) is 5.75 Å². The fraction of sp³-hybridized carbons (Fsp3) is 0.500. The minimum absolute atomic E-state index is 0.0821. The van der Waals surface area contributed by atoms with Crippen LogP contribution in [0.3, 0.4) is 0 Å². The SMILES string of the molecule is COC(=O)c1ccccc1O[C@@H]1O[C@H](CO)[C@H](O)[C@H](O)[C@H]1O. The van der Waals surface area contributed by atoms with E-state index in [-0.39, 0.29) is 11.3 Å². The first-order chi connectivity index (χ1) is 10.5. The standard InChI is InChI=1S/C14H18O8/c1-20-13(19)7-4-2-3-5-8(7)21-14-12(18)11(17)10(16)9(6-15)22-14/h2-5,9-12,14-18H,6H2,1H3/t9-,10+,11+,12-,14-/m1/s1. The van der Waals surface area contributed by atoms with Crippen molar-refractivity contribution in [2.24, 2.45) is 0 Å². The van der Waals surface area contributed by atoms with E-state index in [2.05, 4.69) is 4.74 Å². The first-order valence-corrected chi connectivity index (χ1v) is 6.64. The van der Waals surface area contributed by atoms with Gasteiger partial charge < -0.3 is 34.6 Å². The third-order valence-electron chi connectivity index (χ3n) is 3.38. The van der Waals surface area contributed by atoms with E-state index >= 15 is 0 Å². The maximum atomic E-state index is 11.7. The molecule has 0 bridgehead atoms. The lowest BCUT2D eigenvalue weighted by Gasteiger charge is -2.39. The predicted molar refractivity (Wildman–Crippen MR) is 72.2 cm³/mol. The van der Waals surface area contributed by atoms with Crippen LogP contribution in [0.1, 0.15) is 10.4 Å². The van der Waals surface area contributed by atoms with Gasteiger partial charge in [-0.1, -0.05) is 12.1 Å². The molecule has 0 saturated carbocycles. The largest absolute Gasteiger partial charge is 0.465 e. The van der Waals surface area contributed by atoms with Crippen molar-refractivity contribution in [3.8, 4) is 5.75 Å². The van der Waals surface area contributed by atoms with Gasteiger partial charge in [0.05, 0.1) is 13.7 Å². The first-order valence-electron chi connectivity index (χ1n) is 6.64. The van der Waals surface area contributed by atoms with Crippen LogP contribution in [0.2, 0.25) is 0 Å². The summed E-state index contributed by atoms with van der Waals surface area (Å²) >= 11 is 0. The minimum Gasteiger partial charge on any atom is -0.465 e. The number of carbonyl (C=O) groups excluding carboxylic acids is 1. The van der Waals surface area contributed by atoms with Gasteiger partial charge >= 0.3 is 5.97 Å². The third kappa shape index (κ3) is 3.21. The number of carbonyl (C=O) groups is 1. The van der Waals surface area contributed by atoms with Gasteiger partial charge in [-0.3, -0.25) is 0 Å². The summed E-state index contributed by atoms with van der Waals surface area (Å²) < 4.78 is 15.3. The van der Waals surface area contributed by atoms with Gasteiger partial charge in [-0.25, -0.2) is 4.79 Å². The topological polar surface area (TPSA) is 126 Å². The maximum absolute atomic E-state index is 11.7. The molecule has 4 N–H and O–H groups in total. The van der Waals surface area contributed by atoms with E-state index in [0.717, 1.165) is 0 Å². The molecule has 1 aromatic carbocycles. The van der Waals surface area contributed by atoms with Gasteiger partial charge in [0, 0.05) is 0 Å². The number of para-hydroxylation sites is 1. The van der Waals surface area contributed by atoms with Crippen molar-refractivity contribution < 1.29 is 39.4 Å². The predicted octanol–water partition coefficient (Wildman–Crippen LogP) is -1.35. The van der Waals surface area contributed by atoms with Gasteiger partial charge in [0.1, 0.15) is 35.7 Å². The quantitative estimate of drug-likeness (QED) is 0.503. The molecule has 122 valence electrons. The number of benzene rings is 1. The second-order valence-electron chi connectivity index (χ2n) is 4.80. The molecule has 2 rings (SSSR count). The Morgan fingerprint density at radius 3 is 2.50 bits per heavy atom. The van der Waals surface area contributed by atoms with Crippen molar-refractivity contribution in [2.45, 2.75) is 30.7 Å². The molecule has 0 amide bonds. The van der Waals surface area contributed by atoms with E-state index in [4.69, 9.17) is 14.6 Å². The van der Waals surface area contributed by atoms with Crippen molar-refractivity contribution in [1.82, 2.24) is 0 Å². The molecule has 0 radical (unpaired) electrons. The number of esters is 1. The highest BCUT2D eigenvalue weighted by molar-refractivity contribution is 5.92. The van der Waals surface area contributed by atoms with Crippen LogP contribution in [-0.4, -0.2) is 70.8 Å². The van der Waals surface area contributed by atoms with Crippen molar-refractivity contribution in [1.29, 1.82) is 0 Å². The summed E-state index contributed by atoms with van der Waals surface area (Å²) in [6.07, 6.45) is -7.03. The smallest absolute Gasteiger partial charge is 0.341 e. The van der Waals surface area contributed by atoms with Gasteiger partial charge in [-0.05, 0) is 12.1 Å². The number of hydrogen-bond acceptors (Lipinski definition) is 8. The molecule has 0 spiro atoms. The molecule has 1 aliphatic rings. The number of aliphatic hydroxyl groups is 4. The van der Waals surface area contributed by atoms with Gasteiger partial charge in [-0.15, -0.1) is 0 Å². The van der Waals surface area contributed by atoms with Gasteiger partial charge in [0.25, 0.3) is 0 Å². The summed E-state index contributed by atoms with van der Waals surface area (Å²) in [4.78, 5) is 11.7. The Labute approximate surface area is 126 Å². The Morgan fingerprint density at radius 2 is 1.86 bits per heavy atom. The second kappa shape index (κ2) is 7.03. The minimum atomic E-state index is -1.55. The molecule has 22 heavy (non-hydrogen) atoms. The van der Waals surface area contributed by atoms with Crippen LogP contribution in [0, 0.1) is 0 Å². The van der Waals surface area contributed by atoms with E-state index in [1.807, 2.05) is 0 Å². The van der Waals surface area contributed by atoms with Crippen LogP contribution in [0.25, 0.3) is 0 Å². The van der Waals surface area contributed by atoms with Crippen LogP contribution < -0.4 is 4.74 Å². The fourth-order valence-corrected chi connectivity index (χ4v) is 2.14. The molecule has 0 aliphatic carbocycles. The Bertz CT molecular complexity index is 517. The zero-order chi connectivity index (χ0) is 16.3. The van der Waals surface area contributed by atoms with Gasteiger partial charge in [0.2, 0.25) is 6.29 Å². The molecule has 0 unspecified atom stereocenters. The highest BCUT2D eigenvalue weighted by atomic mass is 16.7. The first kappa shape index (κ1) is 16.7. The highest BCUT2D eigenvalue weighted by Crippen LogP contribution is 2.26. The van der Waals surface area contributed by atoms with Crippen molar-refractivity contribution in [2.75, 3.05) is 13.7 Å². The van der Waals surface area contributed by atoms with Crippen LogP contribution in [0.15, 0.2) is 24.3 Å². The van der Waals surface area contributed by atoms with Crippen molar-refractivity contribution >= 4 is 5.97 Å². The summed E-state index contributed by atoms with van der Waals surface area (Å²) in [6, 6.07) is 6.14. The monoisotopic (exact) mass is 314 g/mol. The number of rotatable bonds is 4. The summed E-state index contributed by atoms with van der Waals surface area (Å²) in [6.45, 7) is -0.566. The molecular weight excluding hydrogens is 296 g/mol. The molecule has 8 heteroatoms. The van der Waals surface area contributed by atoms with Crippen LogP contribution in [0.4, 0.5) is 0 Å². The molecule has 5 atom stereocenters. The normalized spacial score (nSPS) is 31.6. The average molecular weight is 314 g/mol. The lowest BCUT2D eigenvalue weighted by Crippen LogP contribution is -2.60. The van der Waals surface area contributed by atoms with Crippen LogP contribution in [-0.2, 0) is 9.47 Å². The summed E-state index contributed by atoms with van der Waals surface area (Å²) in [5, 5.41) is 38.4. The zero-order valence-corrected chi connectivity index (χ0v) is 11.8. The van der Waals surface area contributed by atoms with E-state index < -0.39 is 43.3 Å². The zero-order valence-electron chi connectivity index (χ0n) is 11.8. The summed E-state index contributed by atoms with van der Waals surface area (Å²) in [5.74, 6) is -0.557. The maximum Gasteiger partial charge on any atom is 0.341 e. The number of hydrogen-bond donors (Lipinski definition) is 4. The second-order valence-corrected chi connectivity index (χ2v) is 4.80. The Morgan fingerprint density at radius 1 is 1.18 bits per heavy atom. The summed E-state index contributed by atoms with van der Waals surface area (Å²) in [7, 11) is 1.22. The molecule has 1 heterocycles. The molecule has 1 saturated heterocycles. The lowest BCUT2D eigenvalue weighted by atomic mass is 9.99. The fourth-order valence-electron chi connectivity index (χ4n) is 2.14. The molecule has 0 aromatic heterocycles. The van der Waals surface area contributed by atoms with Crippen molar-refractivity contribution in [3.63, 3.8) is 0 Å². The van der Waals surface area contributed by atoms with Gasteiger partial charge in [-0.2, -0.15) is 0 Å². The molecule has 1 fully saturated rings. The number of aliphatic hydroxyl groups excluding tert-OH is 4. The molecule has 1 aromatic rings. The Kier molecular flexibility index (Phi) is 5.33. The van der Waals surface area contributed by atoms with Crippen LogP contribution >= 0.6 is 0 Å². The van der Waals surface area contributed by atoms with E-state index in [0.29, 0.717) is 0 Å². The molecule has 8 nitrogen and oxygen atoms in total. The third-order valence-corrected chi connectivity index (χ3v) is 3.38. The molecule has 1 aliphatic heterocycles. The lowest BCUT2D eigenvalue weighted by molar-refractivity contribution is -0.277. The van der Waals surface area contributed by atoms with E-state index in [9.17, 15) is 20.1 Å².